The first-order valence-electron chi connectivity index (χ1n) is 7.61. The Morgan fingerprint density at radius 2 is 2.19 bits per heavy atom. The monoisotopic (exact) mass is 394 g/mol. The van der Waals surface area contributed by atoms with Crippen molar-refractivity contribution in [3.63, 3.8) is 0 Å². The zero-order valence-corrected chi connectivity index (χ0v) is 14.6. The average molecular weight is 394 g/mol. The molecule has 0 aliphatic carbocycles. The number of fused-ring (bicyclic) bond motifs is 2. The molecular weight excluding hydrogens is 375 g/mol. The Labute approximate surface area is 148 Å². The second-order valence-corrected chi connectivity index (χ2v) is 7.65. The van der Waals surface area contributed by atoms with Crippen LogP contribution >= 0.6 is 0 Å². The number of sulfonamides is 1. The first kappa shape index (κ1) is 20.1. The Morgan fingerprint density at radius 3 is 2.77 bits per heavy atom. The van der Waals surface area contributed by atoms with Crippen LogP contribution in [0.3, 0.4) is 0 Å². The van der Waals surface area contributed by atoms with Crippen molar-refractivity contribution in [1.29, 1.82) is 0 Å². The Kier molecular flexibility index (Phi) is 5.83. The molecule has 26 heavy (non-hydrogen) atoms. The van der Waals surface area contributed by atoms with E-state index in [9.17, 15) is 27.2 Å². The number of aliphatic carboxylic acids is 1. The van der Waals surface area contributed by atoms with Gasteiger partial charge in [0.2, 0.25) is 15.9 Å². The number of nitrogens with zero attached hydrogens (tertiary/aromatic N) is 2. The van der Waals surface area contributed by atoms with E-state index in [1.165, 1.54) is 6.08 Å². The van der Waals surface area contributed by atoms with Gasteiger partial charge in [-0.3, -0.25) is 4.79 Å². The number of amides is 3. The molecule has 4 N–H and O–H groups in total. The quantitative estimate of drug-likeness (QED) is 0.335. The number of hydrogen-bond donors (Lipinski definition) is 3. The summed E-state index contributed by atoms with van der Waals surface area (Å²) in [5.74, 6) is -2.72. The maximum Gasteiger partial charge on any atom is 0.368 e. The molecule has 2 aliphatic rings. The Morgan fingerprint density at radius 1 is 1.54 bits per heavy atom. The third-order valence-electron chi connectivity index (χ3n) is 3.87. The average Bonchev–Trinajstić information content (AvgIpc) is 2.75. The van der Waals surface area contributed by atoms with Gasteiger partial charge in [0.05, 0.1) is 18.3 Å². The fourth-order valence-electron chi connectivity index (χ4n) is 2.80. The second kappa shape index (κ2) is 7.55. The van der Waals surface area contributed by atoms with Crippen molar-refractivity contribution in [3.8, 4) is 0 Å². The number of hydrogen-bond acceptors (Lipinski definition) is 6. The molecule has 3 amide bonds. The van der Waals surface area contributed by atoms with Crippen LogP contribution in [0.5, 0.6) is 0 Å². The van der Waals surface area contributed by atoms with Crippen molar-refractivity contribution in [2.24, 2.45) is 5.14 Å². The van der Waals surface area contributed by atoms with Crippen LogP contribution in [-0.4, -0.2) is 78.7 Å². The third kappa shape index (κ3) is 4.47. The van der Waals surface area contributed by atoms with Crippen LogP contribution in [0.1, 0.15) is 13.3 Å². The van der Waals surface area contributed by atoms with Gasteiger partial charge in [-0.15, -0.1) is 0 Å². The fraction of sp³-hybridized carbons (Fsp3) is 0.615. The van der Waals surface area contributed by atoms with E-state index in [1.807, 2.05) is 0 Å². The van der Waals surface area contributed by atoms with Gasteiger partial charge in [0.1, 0.15) is 6.04 Å². The highest BCUT2D eigenvalue weighted by Crippen LogP contribution is 2.30. The van der Waals surface area contributed by atoms with Gasteiger partial charge in [0.15, 0.2) is 0 Å². The van der Waals surface area contributed by atoms with E-state index in [4.69, 9.17) is 10.2 Å². The topological polar surface area (TPSA) is 159 Å². The maximum absolute atomic E-state index is 13.3. The van der Waals surface area contributed by atoms with Crippen molar-refractivity contribution in [3.05, 3.63) is 11.6 Å². The van der Waals surface area contributed by atoms with Gasteiger partial charge in [-0.1, -0.05) is 6.08 Å². The number of nitrogens with one attached hydrogen (secondary N) is 1. The highest BCUT2D eigenvalue weighted by Gasteiger charge is 2.48. The predicted molar refractivity (Wildman–Crippen MR) is 84.5 cm³/mol. The lowest BCUT2D eigenvalue weighted by molar-refractivity contribution is -0.219. The maximum atomic E-state index is 13.3. The first-order valence-corrected chi connectivity index (χ1v) is 9.33. The number of carbonyl (C=O) groups excluding carboxylic acids is 2. The number of nitrogens with two attached hydrogens (primary N) is 1. The molecule has 0 unspecified atom stereocenters. The predicted octanol–water partition coefficient (Wildman–Crippen LogP) is -1.47. The van der Waals surface area contributed by atoms with Crippen molar-refractivity contribution in [1.82, 2.24) is 15.3 Å². The number of hydroxylamine groups is 2. The molecule has 2 heterocycles. The van der Waals surface area contributed by atoms with E-state index in [1.54, 1.807) is 6.92 Å². The van der Waals surface area contributed by atoms with Crippen LogP contribution in [0.15, 0.2) is 11.6 Å². The van der Waals surface area contributed by atoms with Crippen LogP contribution < -0.4 is 10.5 Å². The van der Waals surface area contributed by atoms with Gasteiger partial charge in [0.25, 0.3) is 0 Å². The summed E-state index contributed by atoms with van der Waals surface area (Å²) >= 11 is 0. The largest absolute Gasteiger partial charge is 0.477 e. The van der Waals surface area contributed by atoms with Crippen molar-refractivity contribution < 1.29 is 37.1 Å². The number of primary sulfonamides is 1. The molecule has 3 atom stereocenters. The van der Waals surface area contributed by atoms with Crippen LogP contribution in [0.25, 0.3) is 0 Å². The normalized spacial score (nSPS) is 23.7. The van der Waals surface area contributed by atoms with E-state index in [-0.39, 0.29) is 25.3 Å². The minimum absolute atomic E-state index is 0.0256. The first-order chi connectivity index (χ1) is 12.0. The molecule has 0 aromatic carbocycles. The number of urea groups is 1. The van der Waals surface area contributed by atoms with Gasteiger partial charge < -0.3 is 15.3 Å². The third-order valence-corrected chi connectivity index (χ3v) is 4.73. The molecule has 146 valence electrons. The van der Waals surface area contributed by atoms with Gasteiger partial charge in [-0.25, -0.2) is 32.4 Å². The smallest absolute Gasteiger partial charge is 0.368 e. The molecule has 0 aromatic rings. The van der Waals surface area contributed by atoms with Gasteiger partial charge in [0, 0.05) is 6.54 Å². The van der Waals surface area contributed by atoms with Gasteiger partial charge in [-0.2, -0.15) is 5.06 Å². The molecule has 2 rings (SSSR count). The van der Waals surface area contributed by atoms with Gasteiger partial charge >= 0.3 is 18.4 Å². The lowest BCUT2D eigenvalue weighted by Crippen LogP contribution is -2.50. The number of carbonyl (C=O) groups is 3. The summed E-state index contributed by atoms with van der Waals surface area (Å²) in [5.41, 5.74) is 0.496. The van der Waals surface area contributed by atoms with E-state index in [2.05, 4.69) is 10.2 Å². The summed E-state index contributed by atoms with van der Waals surface area (Å²) in [7, 11) is -3.64. The highest BCUT2D eigenvalue weighted by molar-refractivity contribution is 7.89. The number of halogens is 1. The Bertz CT molecular complexity index is 741. The fourth-order valence-corrected chi connectivity index (χ4v) is 3.34. The zero-order valence-electron chi connectivity index (χ0n) is 13.8. The van der Waals surface area contributed by atoms with Crippen molar-refractivity contribution in [2.45, 2.75) is 31.8 Å². The molecule has 13 heteroatoms. The molecule has 1 saturated heterocycles. The number of carboxylic acids is 1. The highest BCUT2D eigenvalue weighted by atomic mass is 32.2. The SMILES string of the molecule is CC1=C[C@@H]2CN(C(=O)N2O[C@@H](F)C(=O)O)[C@@H]1C(=O)NCCCS(N)(=O)=O. The molecule has 2 aliphatic heterocycles. The van der Waals surface area contributed by atoms with E-state index < -0.39 is 46.4 Å². The summed E-state index contributed by atoms with van der Waals surface area (Å²) in [6, 6.07) is -2.53. The summed E-state index contributed by atoms with van der Waals surface area (Å²) in [6.07, 6.45) is -1.09. The molecule has 0 radical (unpaired) electrons. The van der Waals surface area contributed by atoms with Crippen LogP contribution in [0.4, 0.5) is 9.18 Å². The molecule has 0 aromatic heterocycles. The molecular formula is C13H19FN4O7S. The number of rotatable bonds is 8. The van der Waals surface area contributed by atoms with Gasteiger partial charge in [-0.05, 0) is 18.9 Å². The minimum Gasteiger partial charge on any atom is -0.477 e. The number of carboxylic acid groups (broad SMARTS) is 1. The summed E-state index contributed by atoms with van der Waals surface area (Å²) in [4.78, 5) is 40.9. The second-order valence-electron chi connectivity index (χ2n) is 5.91. The summed E-state index contributed by atoms with van der Waals surface area (Å²) in [6.45, 7) is 1.66. The van der Waals surface area contributed by atoms with E-state index in [0.29, 0.717) is 10.6 Å². The lowest BCUT2D eigenvalue weighted by atomic mass is 10.00. The number of alkyl halides is 1. The standard InChI is InChI=1S/C13H19FN4O7S/c1-7-5-8-6-17(13(22)18(8)25-10(14)12(20)21)9(7)11(19)16-3-2-4-26(15,23)24/h5,8-10H,2-4,6H2,1H3,(H,16,19)(H,20,21)(H2,15,23,24)/t8-,9+,10-/m1/s1. The summed E-state index contributed by atoms with van der Waals surface area (Å²) in [5, 5.41) is 16.5. The minimum atomic E-state index is -3.64. The van der Waals surface area contributed by atoms with E-state index in [0.717, 1.165) is 4.90 Å². The molecule has 11 nitrogen and oxygen atoms in total. The molecule has 1 fully saturated rings. The van der Waals surface area contributed by atoms with Crippen LogP contribution in [0.2, 0.25) is 0 Å². The molecule has 0 spiro atoms. The van der Waals surface area contributed by atoms with Crippen molar-refractivity contribution in [2.75, 3.05) is 18.8 Å². The Balaban J connectivity index is 2.01. The Hall–Kier alpha value is -2.25. The van der Waals surface area contributed by atoms with Crippen molar-refractivity contribution >= 4 is 27.9 Å². The van der Waals surface area contributed by atoms with E-state index >= 15 is 0 Å². The molecule has 0 saturated carbocycles. The molecule has 2 bridgehead atoms. The summed E-state index contributed by atoms with van der Waals surface area (Å²) < 4.78 is 35.0. The van der Waals surface area contributed by atoms with Crippen LogP contribution in [0, 0.1) is 0 Å². The zero-order chi connectivity index (χ0) is 19.6. The lowest BCUT2D eigenvalue weighted by Gasteiger charge is -2.29. The van der Waals surface area contributed by atoms with Crippen LogP contribution in [-0.2, 0) is 24.4 Å².